The van der Waals surface area contributed by atoms with E-state index < -0.39 is 0 Å². The van der Waals surface area contributed by atoms with Crippen molar-refractivity contribution in [1.29, 1.82) is 0 Å². The zero-order valence-electron chi connectivity index (χ0n) is 15.2. The summed E-state index contributed by atoms with van der Waals surface area (Å²) in [7, 11) is 0. The van der Waals surface area contributed by atoms with Crippen LogP contribution >= 0.6 is 0 Å². The Morgan fingerprint density at radius 3 is 2.50 bits per heavy atom. The lowest BCUT2D eigenvalue weighted by molar-refractivity contribution is -0.122. The lowest BCUT2D eigenvalue weighted by Crippen LogP contribution is -2.36. The third kappa shape index (κ3) is 3.92. The van der Waals surface area contributed by atoms with Gasteiger partial charge < -0.3 is 5.32 Å². The SMILES string of the molecule is CCCC(CCC)C(=O)N=C1C=CC2C(=C1)NC(=O)C(CC)=C2C. The van der Waals surface area contributed by atoms with E-state index in [2.05, 4.69) is 24.2 Å². The highest BCUT2D eigenvalue weighted by molar-refractivity contribution is 6.11. The number of rotatable bonds is 6. The normalized spacial score (nSPS) is 21.9. The Balaban J connectivity index is 2.22. The number of nitrogens with one attached hydrogen (secondary N) is 1. The molecule has 1 aliphatic carbocycles. The molecule has 1 aliphatic heterocycles. The third-order valence-electron chi connectivity index (χ3n) is 4.79. The Bertz CT molecular complexity index is 632. The number of aliphatic imine (C=N–C) groups is 1. The number of hydrogen-bond acceptors (Lipinski definition) is 2. The highest BCUT2D eigenvalue weighted by Gasteiger charge is 2.29. The molecule has 130 valence electrons. The third-order valence-corrected chi connectivity index (χ3v) is 4.79. The highest BCUT2D eigenvalue weighted by atomic mass is 16.2. The molecule has 0 aromatic carbocycles. The van der Waals surface area contributed by atoms with Crippen LogP contribution in [0.4, 0.5) is 0 Å². The van der Waals surface area contributed by atoms with E-state index in [-0.39, 0.29) is 23.7 Å². The number of allylic oxidation sites excluding steroid dienone is 3. The largest absolute Gasteiger partial charge is 0.325 e. The molecule has 4 nitrogen and oxygen atoms in total. The van der Waals surface area contributed by atoms with Crippen molar-refractivity contribution < 1.29 is 9.59 Å². The second kappa shape index (κ2) is 8.22. The first-order chi connectivity index (χ1) is 11.5. The number of carbonyl (C=O) groups is 2. The second-order valence-corrected chi connectivity index (χ2v) is 6.55. The molecule has 0 bridgehead atoms. The summed E-state index contributed by atoms with van der Waals surface area (Å²) in [5.74, 6) is 0.0192. The van der Waals surface area contributed by atoms with Crippen LogP contribution in [0, 0.1) is 11.8 Å². The van der Waals surface area contributed by atoms with Crippen LogP contribution in [-0.2, 0) is 9.59 Å². The molecule has 0 saturated carbocycles. The smallest absolute Gasteiger partial charge is 0.251 e. The van der Waals surface area contributed by atoms with E-state index in [9.17, 15) is 9.59 Å². The molecular weight excluding hydrogens is 300 g/mol. The predicted octanol–water partition coefficient (Wildman–Crippen LogP) is 4.10. The molecule has 0 aromatic rings. The molecule has 0 saturated heterocycles. The van der Waals surface area contributed by atoms with Gasteiger partial charge in [0.2, 0.25) is 5.91 Å². The molecule has 4 heteroatoms. The molecule has 1 atom stereocenters. The summed E-state index contributed by atoms with van der Waals surface area (Å²) in [5.41, 5.74) is 3.40. The zero-order valence-corrected chi connectivity index (χ0v) is 15.2. The van der Waals surface area contributed by atoms with Gasteiger partial charge in [-0.1, -0.05) is 45.3 Å². The van der Waals surface area contributed by atoms with Crippen LogP contribution < -0.4 is 5.32 Å². The van der Waals surface area contributed by atoms with Gasteiger partial charge in [-0.3, -0.25) is 9.59 Å². The van der Waals surface area contributed by atoms with Gasteiger partial charge in [0.25, 0.3) is 5.91 Å². The zero-order chi connectivity index (χ0) is 17.7. The van der Waals surface area contributed by atoms with E-state index in [0.29, 0.717) is 5.71 Å². The van der Waals surface area contributed by atoms with Crippen LogP contribution in [0.5, 0.6) is 0 Å². The van der Waals surface area contributed by atoms with Crippen LogP contribution in [0.25, 0.3) is 0 Å². The van der Waals surface area contributed by atoms with Crippen molar-refractivity contribution in [1.82, 2.24) is 5.32 Å². The van der Waals surface area contributed by atoms with Gasteiger partial charge in [0.15, 0.2) is 0 Å². The van der Waals surface area contributed by atoms with E-state index in [1.165, 1.54) is 0 Å². The molecule has 24 heavy (non-hydrogen) atoms. The van der Waals surface area contributed by atoms with Crippen molar-refractivity contribution in [2.45, 2.75) is 59.8 Å². The molecule has 2 aliphatic rings. The summed E-state index contributed by atoms with van der Waals surface area (Å²) in [6, 6.07) is 0. The van der Waals surface area contributed by atoms with Crippen molar-refractivity contribution in [2.24, 2.45) is 16.8 Å². The van der Waals surface area contributed by atoms with E-state index in [4.69, 9.17) is 0 Å². The van der Waals surface area contributed by atoms with Gasteiger partial charge in [-0.25, -0.2) is 4.99 Å². The Labute approximate surface area is 144 Å². The number of carbonyl (C=O) groups excluding carboxylic acids is 2. The molecule has 1 N–H and O–H groups in total. The van der Waals surface area contributed by atoms with Gasteiger partial charge in [0.1, 0.15) is 0 Å². The first-order valence-electron chi connectivity index (χ1n) is 9.05. The fourth-order valence-corrected chi connectivity index (χ4v) is 3.48. The minimum atomic E-state index is -0.0442. The topological polar surface area (TPSA) is 58.5 Å². The van der Waals surface area contributed by atoms with Crippen molar-refractivity contribution in [2.75, 3.05) is 0 Å². The van der Waals surface area contributed by atoms with Crippen molar-refractivity contribution in [3.8, 4) is 0 Å². The maximum absolute atomic E-state index is 12.4. The monoisotopic (exact) mass is 328 g/mol. The molecule has 0 aromatic heterocycles. The first kappa shape index (κ1) is 18.4. The minimum Gasteiger partial charge on any atom is -0.325 e. The Morgan fingerprint density at radius 2 is 1.92 bits per heavy atom. The van der Waals surface area contributed by atoms with Crippen molar-refractivity contribution in [3.05, 3.63) is 35.1 Å². The Morgan fingerprint density at radius 1 is 1.25 bits per heavy atom. The number of fused-ring (bicyclic) bond motifs is 1. The fraction of sp³-hybridized carbons (Fsp3) is 0.550. The Kier molecular flexibility index (Phi) is 6.29. The maximum atomic E-state index is 12.4. The van der Waals surface area contributed by atoms with Gasteiger partial charge >= 0.3 is 0 Å². The number of amides is 2. The molecule has 0 fully saturated rings. The summed E-state index contributed by atoms with van der Waals surface area (Å²) >= 11 is 0. The van der Waals surface area contributed by atoms with Crippen molar-refractivity contribution >= 4 is 17.5 Å². The molecule has 2 rings (SSSR count). The standard InChI is InChI=1S/C20H28N2O2/c1-5-8-14(9-6-2)19(23)21-15-10-11-17-13(4)16(7-3)20(24)22-18(17)12-15/h10-12,14,17H,5-9H2,1-4H3,(H,22,24). The van der Waals surface area contributed by atoms with E-state index in [1.807, 2.05) is 32.1 Å². The van der Waals surface area contributed by atoms with Gasteiger partial charge in [-0.2, -0.15) is 0 Å². The van der Waals surface area contributed by atoms with E-state index >= 15 is 0 Å². The van der Waals surface area contributed by atoms with Crippen LogP contribution in [-0.4, -0.2) is 17.5 Å². The average Bonchev–Trinajstić information content (AvgIpc) is 2.54. The van der Waals surface area contributed by atoms with Gasteiger partial charge in [0, 0.05) is 23.1 Å². The lowest BCUT2D eigenvalue weighted by atomic mass is 9.84. The van der Waals surface area contributed by atoms with Gasteiger partial charge in [-0.15, -0.1) is 0 Å². The first-order valence-corrected chi connectivity index (χ1v) is 9.05. The predicted molar refractivity (Wildman–Crippen MR) is 97.6 cm³/mol. The number of nitrogens with zero attached hydrogens (tertiary/aromatic N) is 1. The molecule has 1 unspecified atom stereocenters. The molecule has 0 spiro atoms. The van der Waals surface area contributed by atoms with E-state index in [0.717, 1.165) is 48.9 Å². The average molecular weight is 328 g/mol. The van der Waals surface area contributed by atoms with E-state index in [1.54, 1.807) is 0 Å². The lowest BCUT2D eigenvalue weighted by Gasteiger charge is -2.29. The highest BCUT2D eigenvalue weighted by Crippen LogP contribution is 2.31. The maximum Gasteiger partial charge on any atom is 0.251 e. The van der Waals surface area contributed by atoms with Crippen LogP contribution in [0.3, 0.4) is 0 Å². The molecule has 1 heterocycles. The van der Waals surface area contributed by atoms with Crippen LogP contribution in [0.15, 0.2) is 40.1 Å². The number of hydrogen-bond donors (Lipinski definition) is 1. The van der Waals surface area contributed by atoms with Gasteiger partial charge in [-0.05, 0) is 38.3 Å². The summed E-state index contributed by atoms with van der Waals surface area (Å²) < 4.78 is 0. The minimum absolute atomic E-state index is 0.00583. The molecule has 2 amide bonds. The van der Waals surface area contributed by atoms with Crippen molar-refractivity contribution in [3.63, 3.8) is 0 Å². The summed E-state index contributed by atoms with van der Waals surface area (Å²) in [4.78, 5) is 28.9. The fourth-order valence-electron chi connectivity index (χ4n) is 3.48. The Hall–Kier alpha value is -1.97. The molecule has 0 radical (unpaired) electrons. The summed E-state index contributed by atoms with van der Waals surface area (Å²) in [6.45, 7) is 8.18. The quantitative estimate of drug-likeness (QED) is 0.798. The molecular formula is C20H28N2O2. The summed E-state index contributed by atoms with van der Waals surface area (Å²) in [5, 5.41) is 2.95. The van der Waals surface area contributed by atoms with Crippen LogP contribution in [0.2, 0.25) is 0 Å². The second-order valence-electron chi connectivity index (χ2n) is 6.55. The summed E-state index contributed by atoms with van der Waals surface area (Å²) in [6.07, 6.45) is 10.2. The van der Waals surface area contributed by atoms with Gasteiger partial charge in [0.05, 0.1) is 5.71 Å². The van der Waals surface area contributed by atoms with Crippen LogP contribution in [0.1, 0.15) is 59.8 Å².